The zero-order valence-corrected chi connectivity index (χ0v) is 22.8. The maximum absolute atomic E-state index is 2.56. The van der Waals surface area contributed by atoms with Crippen molar-refractivity contribution in [3.05, 3.63) is 130 Å². The molecule has 0 spiro atoms. The molecule has 36 heavy (non-hydrogen) atoms. The van der Waals surface area contributed by atoms with Crippen LogP contribution in [0.5, 0.6) is 0 Å². The second-order valence-corrected chi connectivity index (χ2v) is 13.7. The van der Waals surface area contributed by atoms with Crippen LogP contribution in [0.3, 0.4) is 0 Å². The van der Waals surface area contributed by atoms with Crippen LogP contribution in [0.4, 0.5) is 0 Å². The highest BCUT2D eigenvalue weighted by molar-refractivity contribution is 8.00. The Morgan fingerprint density at radius 3 is 1.69 bits per heavy atom. The predicted molar refractivity (Wildman–Crippen MR) is 162 cm³/mol. The van der Waals surface area contributed by atoms with Gasteiger partial charge in [-0.2, -0.15) is 0 Å². The zero-order chi connectivity index (χ0) is 24.6. The number of benzene rings is 4. The standard InChI is InChI=1S/C34H30SSi/c1-23-20-31-27(24-12-6-4-7-13-24)16-10-18-29(31)33(23)35-34-26(22-36(2)3)21-32-28(17-11-19-30(32)34)25-14-8-5-9-15-25/h4-22,33-34H,1-3H3. The second-order valence-electron chi connectivity index (χ2n) is 10.00. The highest BCUT2D eigenvalue weighted by Crippen LogP contribution is 2.56. The van der Waals surface area contributed by atoms with Crippen molar-refractivity contribution in [2.24, 2.45) is 0 Å². The summed E-state index contributed by atoms with van der Waals surface area (Å²) in [5.41, 5.74) is 16.4. The number of fused-ring (bicyclic) bond motifs is 2. The number of rotatable bonds is 5. The van der Waals surface area contributed by atoms with Gasteiger partial charge in [-0.1, -0.05) is 127 Å². The molecule has 0 bridgehead atoms. The Balaban J connectivity index is 1.42. The molecule has 0 saturated carbocycles. The molecular weight excluding hydrogens is 469 g/mol. The van der Waals surface area contributed by atoms with E-state index in [1.54, 1.807) is 0 Å². The molecule has 2 heteroatoms. The molecule has 2 atom stereocenters. The van der Waals surface area contributed by atoms with Crippen molar-refractivity contribution in [3.8, 4) is 22.3 Å². The summed E-state index contributed by atoms with van der Waals surface area (Å²) in [4.78, 5) is 0. The lowest BCUT2D eigenvalue weighted by molar-refractivity contribution is 1.12. The molecule has 4 aromatic rings. The molecule has 0 aliphatic heterocycles. The molecular formula is C34H30SSi. The van der Waals surface area contributed by atoms with Crippen LogP contribution in [-0.4, -0.2) is 14.1 Å². The van der Waals surface area contributed by atoms with E-state index in [4.69, 9.17) is 0 Å². The van der Waals surface area contributed by atoms with Crippen LogP contribution < -0.4 is 0 Å². The van der Waals surface area contributed by atoms with Crippen LogP contribution in [0, 0.1) is 0 Å². The Kier molecular flexibility index (Phi) is 6.25. The van der Waals surface area contributed by atoms with Crippen molar-refractivity contribution >= 4 is 38.0 Å². The van der Waals surface area contributed by atoms with E-state index in [1.165, 1.54) is 55.7 Å². The van der Waals surface area contributed by atoms with Gasteiger partial charge in [0, 0.05) is 8.41 Å². The maximum Gasteiger partial charge on any atom is 0.0558 e. The van der Waals surface area contributed by atoms with Gasteiger partial charge in [-0.05, 0) is 63.1 Å². The topological polar surface area (TPSA) is 0 Å². The molecule has 0 radical (unpaired) electrons. The minimum absolute atomic E-state index is 0.350. The fraction of sp³-hybridized carbons (Fsp3) is 0.147. The minimum Gasteiger partial charge on any atom is -0.136 e. The average Bonchev–Trinajstić information content (AvgIpc) is 3.41. The normalized spacial score (nSPS) is 17.8. The Morgan fingerprint density at radius 2 is 1.14 bits per heavy atom. The van der Waals surface area contributed by atoms with Crippen molar-refractivity contribution in [1.82, 2.24) is 0 Å². The quantitative estimate of drug-likeness (QED) is 0.247. The monoisotopic (exact) mass is 498 g/mol. The Bertz CT molecular complexity index is 1520. The summed E-state index contributed by atoms with van der Waals surface area (Å²) in [5, 5.41) is 0.712. The van der Waals surface area contributed by atoms with E-state index in [2.05, 4.69) is 147 Å². The second kappa shape index (κ2) is 9.69. The van der Waals surface area contributed by atoms with Gasteiger partial charge in [0.15, 0.2) is 0 Å². The molecule has 4 aromatic carbocycles. The molecule has 0 aromatic heterocycles. The van der Waals surface area contributed by atoms with Crippen molar-refractivity contribution in [2.75, 3.05) is 0 Å². The van der Waals surface area contributed by atoms with Gasteiger partial charge < -0.3 is 0 Å². The first-order valence-electron chi connectivity index (χ1n) is 12.7. The Hall–Kier alpha value is -3.20. The van der Waals surface area contributed by atoms with Gasteiger partial charge in [-0.25, -0.2) is 0 Å². The fourth-order valence-corrected chi connectivity index (χ4v) is 8.16. The lowest BCUT2D eigenvalue weighted by Gasteiger charge is -2.23. The van der Waals surface area contributed by atoms with Gasteiger partial charge in [0.25, 0.3) is 0 Å². The van der Waals surface area contributed by atoms with Crippen molar-refractivity contribution in [1.29, 1.82) is 0 Å². The van der Waals surface area contributed by atoms with Crippen LogP contribution >= 0.6 is 11.8 Å². The smallest absolute Gasteiger partial charge is 0.0558 e. The molecule has 176 valence electrons. The molecule has 0 fully saturated rings. The molecule has 0 amide bonds. The van der Waals surface area contributed by atoms with Crippen LogP contribution in [0.1, 0.15) is 39.7 Å². The minimum atomic E-state index is -0.513. The van der Waals surface area contributed by atoms with E-state index in [-0.39, 0.29) is 0 Å². The number of hydrogen-bond donors (Lipinski definition) is 0. The number of thioether (sulfide) groups is 1. The van der Waals surface area contributed by atoms with Crippen LogP contribution in [0.15, 0.2) is 108 Å². The molecule has 2 aliphatic carbocycles. The summed E-state index contributed by atoms with van der Waals surface area (Å²) in [7, 11) is -0.513. The van der Waals surface area contributed by atoms with Gasteiger partial charge in [-0.3, -0.25) is 0 Å². The predicted octanol–water partition coefficient (Wildman–Crippen LogP) is 9.49. The third kappa shape index (κ3) is 4.19. The third-order valence-corrected chi connectivity index (χ3v) is 9.75. The largest absolute Gasteiger partial charge is 0.136 e. The highest BCUT2D eigenvalue weighted by Gasteiger charge is 2.33. The van der Waals surface area contributed by atoms with Crippen molar-refractivity contribution in [3.63, 3.8) is 0 Å². The Morgan fingerprint density at radius 1 is 0.611 bits per heavy atom. The molecule has 0 heterocycles. The molecule has 2 unspecified atom stereocenters. The zero-order valence-electron chi connectivity index (χ0n) is 21.0. The first-order valence-corrected chi connectivity index (χ1v) is 16.2. The van der Waals surface area contributed by atoms with Crippen molar-refractivity contribution in [2.45, 2.75) is 30.5 Å². The van der Waals surface area contributed by atoms with Gasteiger partial charge in [0.2, 0.25) is 0 Å². The van der Waals surface area contributed by atoms with E-state index in [9.17, 15) is 0 Å². The van der Waals surface area contributed by atoms with E-state index >= 15 is 0 Å². The highest BCUT2D eigenvalue weighted by atomic mass is 32.2. The molecule has 2 aliphatic rings. The van der Waals surface area contributed by atoms with Gasteiger partial charge in [0.1, 0.15) is 0 Å². The fourth-order valence-electron chi connectivity index (χ4n) is 5.57. The summed E-state index contributed by atoms with van der Waals surface area (Å²) < 4.78 is 0. The molecule has 6 rings (SSSR count). The summed E-state index contributed by atoms with van der Waals surface area (Å²) in [5.74, 6) is 0. The van der Waals surface area contributed by atoms with E-state index in [0.29, 0.717) is 10.5 Å². The van der Waals surface area contributed by atoms with Crippen molar-refractivity contribution < 1.29 is 0 Å². The van der Waals surface area contributed by atoms with Crippen LogP contribution in [-0.2, 0) is 0 Å². The average molecular weight is 499 g/mol. The molecule has 0 nitrogen and oxygen atoms in total. The maximum atomic E-state index is 2.56. The summed E-state index contributed by atoms with van der Waals surface area (Å²) in [6.07, 6.45) is 4.90. The summed E-state index contributed by atoms with van der Waals surface area (Å²) in [6.45, 7) is 7.08. The van der Waals surface area contributed by atoms with E-state index in [1.807, 2.05) is 0 Å². The lowest BCUT2D eigenvalue weighted by atomic mass is 9.97. The first kappa shape index (κ1) is 23.2. The molecule has 0 saturated heterocycles. The van der Waals surface area contributed by atoms with E-state index < -0.39 is 8.41 Å². The lowest BCUT2D eigenvalue weighted by Crippen LogP contribution is -2.04. The van der Waals surface area contributed by atoms with Gasteiger partial charge >= 0.3 is 0 Å². The SMILES string of the molecule is CC1=Cc2c(-c3ccccc3)cccc2C1SC1C(C=[Si](C)C)=Cc2c(-c3ccccc3)cccc21. The summed E-state index contributed by atoms with van der Waals surface area (Å²) >= 11 is 2.11. The van der Waals surface area contributed by atoms with E-state index in [0.717, 1.165) is 0 Å². The number of hydrogen-bond acceptors (Lipinski definition) is 1. The van der Waals surface area contributed by atoms with Crippen LogP contribution in [0.25, 0.3) is 34.4 Å². The summed E-state index contributed by atoms with van der Waals surface area (Å²) in [6, 6.07) is 35.4. The van der Waals surface area contributed by atoms with Crippen LogP contribution in [0.2, 0.25) is 13.1 Å². The van der Waals surface area contributed by atoms with Gasteiger partial charge in [0.05, 0.1) is 10.5 Å². The molecule has 0 N–H and O–H groups in total. The first-order chi connectivity index (χ1) is 17.6. The Labute approximate surface area is 220 Å². The van der Waals surface area contributed by atoms with Gasteiger partial charge in [-0.15, -0.1) is 11.8 Å². The third-order valence-electron chi connectivity index (χ3n) is 7.14.